The zero-order valence-corrected chi connectivity index (χ0v) is 12.2. The largest absolute Gasteiger partial charge is 0.506 e. The molecule has 23 heavy (non-hydrogen) atoms. The first kappa shape index (κ1) is 16.6. The van der Waals surface area contributed by atoms with Gasteiger partial charge < -0.3 is 10.1 Å². The molecule has 0 aliphatic heterocycles. The predicted octanol–water partition coefficient (Wildman–Crippen LogP) is 3.22. The molecular weight excluding hydrogens is 299 g/mol. The lowest BCUT2D eigenvalue weighted by atomic mass is 9.84. The highest BCUT2D eigenvalue weighted by molar-refractivity contribution is 6.53. The smallest absolute Gasteiger partial charge is 0.304 e. The molecule has 0 radical (unpaired) electrons. The van der Waals surface area contributed by atoms with Crippen LogP contribution in [-0.2, 0) is 0 Å². The molecule has 0 spiro atoms. The fraction of sp³-hybridized carbons (Fsp3) is 0. The molecule has 3 nitrogen and oxygen atoms in total. The molecule has 2 N–H and O–H groups in total. The van der Waals surface area contributed by atoms with Crippen LogP contribution in [0.15, 0.2) is 61.3 Å². The van der Waals surface area contributed by atoms with Crippen LogP contribution in [0.25, 0.3) is 16.4 Å². The van der Waals surface area contributed by atoms with E-state index in [-0.39, 0.29) is 18.8 Å². The van der Waals surface area contributed by atoms with Crippen molar-refractivity contribution in [3.05, 3.63) is 78.5 Å². The van der Waals surface area contributed by atoms with Gasteiger partial charge in [0.25, 0.3) is 0 Å². The van der Waals surface area contributed by atoms with E-state index in [1.54, 1.807) is 18.3 Å². The highest BCUT2D eigenvalue weighted by Crippen LogP contribution is 2.20. The molecule has 2 aromatic carbocycles. The van der Waals surface area contributed by atoms with Crippen LogP contribution in [0.3, 0.4) is 0 Å². The lowest BCUT2D eigenvalue weighted by Crippen LogP contribution is -1.94. The maximum absolute atomic E-state index is 12.6. The number of fused-ring (bicyclic) bond motifs is 1. The minimum Gasteiger partial charge on any atom is -0.506 e. The molecule has 0 saturated carbocycles. The Morgan fingerprint density at radius 1 is 1.04 bits per heavy atom. The second-order valence-electron chi connectivity index (χ2n) is 4.77. The number of para-hydroxylation sites is 1. The summed E-state index contributed by atoms with van der Waals surface area (Å²) >= 11 is 0. The van der Waals surface area contributed by atoms with Gasteiger partial charge in [-0.25, -0.2) is 8.78 Å². The summed E-state index contributed by atoms with van der Waals surface area (Å²) in [6.45, 7) is 3.44. The summed E-state index contributed by atoms with van der Waals surface area (Å²) in [7, 11) is -0.303. The van der Waals surface area contributed by atoms with Crippen molar-refractivity contribution < 1.29 is 18.9 Å². The number of nitrogens with zero attached hydrogens (tertiary/aromatic N) is 1. The first-order valence-electron chi connectivity index (χ1n) is 6.79. The van der Waals surface area contributed by atoms with Gasteiger partial charge in [0.2, 0.25) is 0 Å². The van der Waals surface area contributed by atoms with Gasteiger partial charge in [-0.2, -0.15) is 0 Å². The number of benzene rings is 2. The molecule has 0 amide bonds. The molecule has 0 bridgehead atoms. The van der Waals surface area contributed by atoms with Crippen LogP contribution < -0.4 is 0 Å². The van der Waals surface area contributed by atoms with Crippen molar-refractivity contribution in [3.63, 3.8) is 0 Å². The van der Waals surface area contributed by atoms with Crippen molar-refractivity contribution >= 4 is 23.9 Å². The number of rotatable bonds is 2. The van der Waals surface area contributed by atoms with Gasteiger partial charge in [-0.15, -0.1) is 6.58 Å². The van der Waals surface area contributed by atoms with E-state index in [1.165, 1.54) is 0 Å². The third-order valence-corrected chi connectivity index (χ3v) is 3.07. The van der Waals surface area contributed by atoms with Gasteiger partial charge in [-0.1, -0.05) is 23.7 Å². The highest BCUT2D eigenvalue weighted by Gasteiger charge is 2.03. The van der Waals surface area contributed by atoms with Gasteiger partial charge in [0.05, 0.1) is 0 Å². The molecule has 1 aromatic heterocycles. The van der Waals surface area contributed by atoms with E-state index >= 15 is 0 Å². The molecule has 0 fully saturated rings. The first-order valence-corrected chi connectivity index (χ1v) is 6.79. The monoisotopic (exact) mass is 313 g/mol. The molecule has 0 aliphatic rings. The standard InChI is InChI=1S/C9H7NO.C8H7BF2O/c11-8-5-1-3-7-4-2-6-10-9(7)8;1-5(9-12)6-2-7(10)4-8(11)3-6/h1-6,11H;2-4,9,12H,1H2. The number of phenolic OH excluding ortho intramolecular Hbond substituents is 1. The fourth-order valence-corrected chi connectivity index (χ4v) is 1.94. The summed E-state index contributed by atoms with van der Waals surface area (Å²) in [6, 6.07) is 12.2. The van der Waals surface area contributed by atoms with Crippen LogP contribution in [0, 0.1) is 11.6 Å². The first-order chi connectivity index (χ1) is 11.0. The summed E-state index contributed by atoms with van der Waals surface area (Å²) in [4.78, 5) is 4.03. The van der Waals surface area contributed by atoms with Crippen molar-refractivity contribution in [2.45, 2.75) is 0 Å². The molecule has 0 atom stereocenters. The zero-order chi connectivity index (χ0) is 16.8. The Kier molecular flexibility index (Phi) is 5.43. The van der Waals surface area contributed by atoms with Gasteiger partial charge in [0.1, 0.15) is 22.9 Å². The number of halogens is 2. The molecule has 0 aliphatic carbocycles. The van der Waals surface area contributed by atoms with E-state index in [0.717, 1.165) is 23.6 Å². The topological polar surface area (TPSA) is 53.4 Å². The normalized spacial score (nSPS) is 9.87. The van der Waals surface area contributed by atoms with Gasteiger partial charge in [-0.3, -0.25) is 4.98 Å². The lowest BCUT2D eigenvalue weighted by Gasteiger charge is -2.00. The molecule has 0 saturated heterocycles. The number of pyridine rings is 1. The summed E-state index contributed by atoms with van der Waals surface area (Å²) in [5, 5.41) is 18.9. The quantitative estimate of drug-likeness (QED) is 0.714. The third-order valence-electron chi connectivity index (χ3n) is 3.07. The number of phenols is 1. The average molecular weight is 313 g/mol. The van der Waals surface area contributed by atoms with Gasteiger partial charge >= 0.3 is 7.48 Å². The molecular formula is C17H14BF2NO2. The van der Waals surface area contributed by atoms with E-state index in [2.05, 4.69) is 11.6 Å². The fourth-order valence-electron chi connectivity index (χ4n) is 1.94. The third kappa shape index (κ3) is 4.37. The van der Waals surface area contributed by atoms with Gasteiger partial charge in [-0.05, 0) is 29.8 Å². The van der Waals surface area contributed by atoms with Crippen LogP contribution in [-0.4, -0.2) is 22.6 Å². The van der Waals surface area contributed by atoms with Crippen molar-refractivity contribution in [2.75, 3.05) is 0 Å². The molecule has 3 aromatic rings. The Morgan fingerprint density at radius 2 is 1.70 bits per heavy atom. The Morgan fingerprint density at radius 3 is 2.30 bits per heavy atom. The van der Waals surface area contributed by atoms with Gasteiger partial charge in [0.15, 0.2) is 0 Å². The van der Waals surface area contributed by atoms with Crippen LogP contribution in [0.4, 0.5) is 8.78 Å². The maximum Gasteiger partial charge on any atom is 0.304 e. The van der Waals surface area contributed by atoms with E-state index < -0.39 is 11.6 Å². The predicted molar refractivity (Wildman–Crippen MR) is 88.2 cm³/mol. The number of aromatic hydroxyl groups is 1. The zero-order valence-electron chi connectivity index (χ0n) is 12.2. The van der Waals surface area contributed by atoms with Crippen molar-refractivity contribution in [2.24, 2.45) is 0 Å². The Labute approximate surface area is 132 Å². The molecule has 0 unspecified atom stereocenters. The molecule has 6 heteroatoms. The number of hydrogen-bond donors (Lipinski definition) is 2. The van der Waals surface area contributed by atoms with E-state index in [4.69, 9.17) is 5.02 Å². The average Bonchev–Trinajstić information content (AvgIpc) is 2.54. The van der Waals surface area contributed by atoms with E-state index in [1.807, 2.05) is 18.2 Å². The van der Waals surface area contributed by atoms with Crippen LogP contribution in [0.5, 0.6) is 5.75 Å². The Hall–Kier alpha value is -2.73. The van der Waals surface area contributed by atoms with Gasteiger partial charge in [0, 0.05) is 17.6 Å². The summed E-state index contributed by atoms with van der Waals surface area (Å²) in [6.07, 6.45) is 1.67. The van der Waals surface area contributed by atoms with E-state index in [9.17, 15) is 13.9 Å². The second kappa shape index (κ2) is 7.51. The minimum absolute atomic E-state index is 0.239. The van der Waals surface area contributed by atoms with Crippen molar-refractivity contribution in [1.82, 2.24) is 4.98 Å². The summed E-state index contributed by atoms with van der Waals surface area (Å²) < 4.78 is 25.1. The Balaban J connectivity index is 0.000000167. The number of hydrogen-bond acceptors (Lipinski definition) is 3. The molecule has 1 heterocycles. The van der Waals surface area contributed by atoms with Crippen molar-refractivity contribution in [1.29, 1.82) is 0 Å². The molecule has 3 rings (SSSR count). The summed E-state index contributed by atoms with van der Waals surface area (Å²) in [5.74, 6) is -1.10. The molecule has 116 valence electrons. The summed E-state index contributed by atoms with van der Waals surface area (Å²) in [5.41, 5.74) is 1.25. The SMILES string of the molecule is C=C(BO)c1cc(F)cc(F)c1.Oc1cccc2cccnc12. The second-order valence-corrected chi connectivity index (χ2v) is 4.77. The van der Waals surface area contributed by atoms with Crippen LogP contribution >= 0.6 is 0 Å². The maximum atomic E-state index is 12.6. The van der Waals surface area contributed by atoms with Crippen LogP contribution in [0.2, 0.25) is 0 Å². The lowest BCUT2D eigenvalue weighted by molar-refractivity contribution is 0.480. The minimum atomic E-state index is -0.667. The van der Waals surface area contributed by atoms with Crippen molar-refractivity contribution in [3.8, 4) is 5.75 Å². The highest BCUT2D eigenvalue weighted by atomic mass is 19.1. The Bertz CT molecular complexity index is 814. The van der Waals surface area contributed by atoms with Crippen LogP contribution in [0.1, 0.15) is 5.56 Å². The van der Waals surface area contributed by atoms with E-state index in [0.29, 0.717) is 11.0 Å². The number of aromatic nitrogens is 1.